The maximum Gasteiger partial charge on any atom is 1.00 e. The number of aliphatic hydroxyl groups is 1. The van der Waals surface area contributed by atoms with Crippen molar-refractivity contribution in [3.8, 4) is 11.1 Å². The third-order valence-electron chi connectivity index (χ3n) is 4.99. The van der Waals surface area contributed by atoms with Crippen LogP contribution in [0.5, 0.6) is 0 Å². The molecule has 1 saturated heterocycles. The molecule has 4 nitrogen and oxygen atoms in total. The minimum atomic E-state index is -0.878. The summed E-state index contributed by atoms with van der Waals surface area (Å²) in [6, 6.07) is 11.4. The summed E-state index contributed by atoms with van der Waals surface area (Å²) in [7, 11) is 0. The second kappa shape index (κ2) is 8.37. The van der Waals surface area contributed by atoms with Gasteiger partial charge >= 0.3 is 51.4 Å². The molecule has 2 aliphatic rings. The molecule has 0 radical (unpaired) electrons. The standard InChI is InChI=1S/C20H18FNO3S.K/c21-13-6-4-12(5-7-13)14-2-1-3-15(17(14)26)16-18(23)20(22-19(16)24)8-10-25-11-9-20;/h1-7H,8-11H2,(H3,22,23,24,26);/q;+1/p-1. The van der Waals surface area contributed by atoms with Crippen molar-refractivity contribution >= 4 is 24.1 Å². The second-order valence-electron chi connectivity index (χ2n) is 6.49. The van der Waals surface area contributed by atoms with E-state index in [0.29, 0.717) is 36.5 Å². The third-order valence-corrected chi connectivity index (χ3v) is 5.47. The summed E-state index contributed by atoms with van der Waals surface area (Å²) in [5.41, 5.74) is 1.38. The maximum atomic E-state index is 13.2. The van der Waals surface area contributed by atoms with Gasteiger partial charge < -0.3 is 20.0 Å². The summed E-state index contributed by atoms with van der Waals surface area (Å²) < 4.78 is 18.5. The van der Waals surface area contributed by atoms with Gasteiger partial charge in [0.1, 0.15) is 5.82 Å². The fourth-order valence-electron chi connectivity index (χ4n) is 3.55. The van der Waals surface area contributed by atoms with Gasteiger partial charge in [0, 0.05) is 29.2 Å². The molecule has 1 spiro atoms. The van der Waals surface area contributed by atoms with Gasteiger partial charge in [-0.3, -0.25) is 0 Å². The largest absolute Gasteiger partial charge is 1.00 e. The summed E-state index contributed by atoms with van der Waals surface area (Å²) in [6.45, 7) is 0.912. The van der Waals surface area contributed by atoms with Crippen LogP contribution in [0.2, 0.25) is 0 Å². The van der Waals surface area contributed by atoms with Crippen LogP contribution in [0.4, 0.5) is 4.39 Å². The number of nitrogens with zero attached hydrogens (tertiary/aromatic N) is 1. The van der Waals surface area contributed by atoms with E-state index in [9.17, 15) is 14.3 Å². The number of hydrogen-bond donors (Lipinski definition) is 2. The molecule has 2 aliphatic heterocycles. The first kappa shape index (κ1) is 21.0. The molecule has 2 aromatic rings. The Balaban J connectivity index is 0.00000210. The average molecular weight is 410 g/mol. The van der Waals surface area contributed by atoms with E-state index < -0.39 is 11.4 Å². The number of rotatable bonds is 2. The second-order valence-corrected chi connectivity index (χ2v) is 6.94. The van der Waals surface area contributed by atoms with Crippen LogP contribution in [0.25, 0.3) is 22.0 Å². The van der Waals surface area contributed by atoms with E-state index in [0.717, 1.165) is 11.1 Å². The van der Waals surface area contributed by atoms with Crippen LogP contribution in [0, 0.1) is 5.82 Å². The van der Waals surface area contributed by atoms with E-state index in [-0.39, 0.29) is 68.5 Å². The molecule has 0 aromatic heterocycles. The monoisotopic (exact) mass is 409 g/mol. The van der Waals surface area contributed by atoms with Gasteiger partial charge in [0.05, 0.1) is 11.7 Å². The summed E-state index contributed by atoms with van der Waals surface area (Å²) >= 11 is 4.60. The number of hydrogen-bond acceptors (Lipinski definition) is 4. The molecule has 1 N–H and O–H groups in total. The quantitative estimate of drug-likeness (QED) is 0.584. The van der Waals surface area contributed by atoms with Crippen LogP contribution in [0.15, 0.2) is 53.1 Å². The molecule has 27 heavy (non-hydrogen) atoms. The van der Waals surface area contributed by atoms with Crippen molar-refractivity contribution in [3.63, 3.8) is 0 Å². The minimum absolute atomic E-state index is 0. The van der Waals surface area contributed by atoms with E-state index in [4.69, 9.17) is 4.74 Å². The van der Waals surface area contributed by atoms with Crippen molar-refractivity contribution in [1.29, 1.82) is 0 Å². The topological polar surface area (TPSA) is 60.6 Å². The fourth-order valence-corrected chi connectivity index (χ4v) is 3.94. The van der Waals surface area contributed by atoms with Crippen molar-refractivity contribution in [2.24, 2.45) is 0 Å². The number of aliphatic hydroxyl groups excluding tert-OH is 1. The van der Waals surface area contributed by atoms with Crippen molar-refractivity contribution in [2.75, 3.05) is 13.2 Å². The van der Waals surface area contributed by atoms with Gasteiger partial charge in [-0.2, -0.15) is 0 Å². The summed E-state index contributed by atoms with van der Waals surface area (Å²) in [4.78, 5) is 13.1. The minimum Gasteiger partial charge on any atom is -0.637 e. The smallest absolute Gasteiger partial charge is 0.637 e. The van der Waals surface area contributed by atoms with Gasteiger partial charge in [0.2, 0.25) is 0 Å². The van der Waals surface area contributed by atoms with Gasteiger partial charge in [-0.15, -0.1) is 12.6 Å². The predicted octanol–water partition coefficient (Wildman–Crippen LogP) is 1.52. The van der Waals surface area contributed by atoms with Crippen LogP contribution >= 0.6 is 12.6 Å². The predicted molar refractivity (Wildman–Crippen MR) is 99.8 cm³/mol. The number of carbonyl (C=O) groups is 1. The number of amides is 1. The van der Waals surface area contributed by atoms with Crippen molar-refractivity contribution < 1.29 is 70.4 Å². The number of halogens is 1. The third kappa shape index (κ3) is 3.79. The Morgan fingerprint density at radius 3 is 2.37 bits per heavy atom. The van der Waals surface area contributed by atoms with Gasteiger partial charge in [-0.05, 0) is 41.6 Å². The number of benzene rings is 2. The molecule has 134 valence electrons. The zero-order chi connectivity index (χ0) is 18.3. The number of carbonyl (C=O) groups excluding carboxylic acids is 1. The Kier molecular flexibility index (Phi) is 6.52. The molecule has 0 unspecified atom stereocenters. The first-order chi connectivity index (χ1) is 12.5. The van der Waals surface area contributed by atoms with Gasteiger partial charge in [0.25, 0.3) is 0 Å². The molecule has 0 bridgehead atoms. The van der Waals surface area contributed by atoms with Crippen molar-refractivity contribution in [1.82, 2.24) is 0 Å². The molecule has 0 saturated carbocycles. The SMILES string of the molecule is O=C1[N-]C2(CCOCC2)C(O)=C1c1cccc(-c2ccc(F)cc2)c1S.[K+]. The van der Waals surface area contributed by atoms with Crippen LogP contribution < -0.4 is 51.4 Å². The Labute approximate surface area is 205 Å². The fraction of sp³-hybridized carbons (Fsp3) is 0.250. The first-order valence-electron chi connectivity index (χ1n) is 8.39. The first-order valence-corrected chi connectivity index (χ1v) is 8.83. The molecule has 0 aliphatic carbocycles. The Bertz CT molecular complexity index is 908. The molecule has 0 atom stereocenters. The average Bonchev–Trinajstić information content (AvgIpc) is 2.87. The molecule has 1 fully saturated rings. The summed E-state index contributed by atoms with van der Waals surface area (Å²) in [5.74, 6) is -0.759. The molecule has 1 amide bonds. The molecule has 4 rings (SSSR count). The molecular formula is C20H17FKNO3S. The van der Waals surface area contributed by atoms with E-state index in [1.807, 2.05) is 6.07 Å². The Morgan fingerprint density at radius 1 is 1.07 bits per heavy atom. The zero-order valence-electron chi connectivity index (χ0n) is 14.9. The van der Waals surface area contributed by atoms with Crippen LogP contribution in [0.3, 0.4) is 0 Å². The van der Waals surface area contributed by atoms with Crippen molar-refractivity contribution in [2.45, 2.75) is 23.3 Å². The van der Waals surface area contributed by atoms with Crippen LogP contribution in [-0.2, 0) is 9.53 Å². The number of ether oxygens (including phenoxy) is 1. The van der Waals surface area contributed by atoms with E-state index >= 15 is 0 Å². The molecule has 2 heterocycles. The Hall–Kier alpha value is -0.674. The van der Waals surface area contributed by atoms with Gasteiger partial charge in [-0.1, -0.05) is 30.3 Å². The normalized spacial score (nSPS) is 18.4. The van der Waals surface area contributed by atoms with Crippen LogP contribution in [0.1, 0.15) is 18.4 Å². The van der Waals surface area contributed by atoms with Crippen LogP contribution in [-0.4, -0.2) is 29.8 Å². The van der Waals surface area contributed by atoms with E-state index in [1.54, 1.807) is 24.3 Å². The van der Waals surface area contributed by atoms with E-state index in [1.165, 1.54) is 12.1 Å². The molecule has 7 heteroatoms. The van der Waals surface area contributed by atoms with E-state index in [2.05, 4.69) is 17.9 Å². The zero-order valence-corrected chi connectivity index (χ0v) is 18.9. The summed E-state index contributed by atoms with van der Waals surface area (Å²) in [5, 5.41) is 15.1. The van der Waals surface area contributed by atoms with Crippen molar-refractivity contribution in [3.05, 3.63) is 64.9 Å². The number of thiol groups is 1. The Morgan fingerprint density at radius 2 is 1.70 bits per heavy atom. The van der Waals surface area contributed by atoms with Gasteiger partial charge in [0.15, 0.2) is 0 Å². The van der Waals surface area contributed by atoms with Gasteiger partial charge in [-0.25, -0.2) is 4.39 Å². The molecule has 2 aromatic carbocycles. The summed E-state index contributed by atoms with van der Waals surface area (Å²) in [6.07, 6.45) is 0.960. The maximum absolute atomic E-state index is 13.2. The molecular weight excluding hydrogens is 392 g/mol.